The monoisotopic (exact) mass is 1350 g/mol. The summed E-state index contributed by atoms with van der Waals surface area (Å²) < 4.78 is 183. The van der Waals surface area contributed by atoms with Crippen LogP contribution in [0, 0.1) is 81.3 Å². The van der Waals surface area contributed by atoms with Crippen LogP contribution in [-0.2, 0) is 85.8 Å². The van der Waals surface area contributed by atoms with E-state index in [1.165, 1.54) is 0 Å². The molecule has 18 nitrogen and oxygen atoms in total. The Morgan fingerprint density at radius 3 is 0.946 bits per heavy atom. The fourth-order valence-electron chi connectivity index (χ4n) is 16.5. The summed E-state index contributed by atoms with van der Waals surface area (Å²) in [5.41, 5.74) is -3.73. The van der Waals surface area contributed by atoms with E-state index < -0.39 is 157 Å². The van der Waals surface area contributed by atoms with Gasteiger partial charge in [-0.05, 0) is 202 Å². The van der Waals surface area contributed by atoms with Crippen molar-refractivity contribution in [1.82, 2.24) is 0 Å². The molecule has 0 aromatic rings. The Bertz CT molecular complexity index is 2610. The maximum Gasteiger partial charge on any atom is 0.437 e. The average Bonchev–Trinajstić information content (AvgIpc) is 0.756. The Kier molecular flexibility index (Phi) is 23.7. The highest BCUT2D eigenvalue weighted by atomic mass is 19.3. The van der Waals surface area contributed by atoms with Gasteiger partial charge < -0.3 is 42.6 Å². The molecule has 12 fully saturated rings. The van der Waals surface area contributed by atoms with Crippen LogP contribution in [0.1, 0.15) is 196 Å². The summed E-state index contributed by atoms with van der Waals surface area (Å²) in [6.45, 7) is 8.61. The topological polar surface area (TPSA) is 237 Å². The van der Waals surface area contributed by atoms with Crippen LogP contribution < -0.4 is 0 Å². The highest BCUT2D eigenvalue weighted by Gasteiger charge is 2.63. The van der Waals surface area contributed by atoms with Crippen LogP contribution in [0.3, 0.4) is 0 Å². The highest BCUT2D eigenvalue weighted by molar-refractivity contribution is 6.01. The second kappa shape index (κ2) is 29.5. The van der Waals surface area contributed by atoms with Crippen molar-refractivity contribution in [3.05, 3.63) is 0 Å². The zero-order valence-electron chi connectivity index (χ0n) is 54.0. The van der Waals surface area contributed by atoms with Crippen molar-refractivity contribution in [3.8, 4) is 0 Å². The molecule has 0 amide bonds. The Labute approximate surface area is 534 Å². The Hall–Kier alpha value is -5.47. The molecule has 0 aromatic heterocycles. The summed E-state index contributed by atoms with van der Waals surface area (Å²) in [5.74, 6) is -23.5. The SMILES string of the molecule is CCC(C)(C)C(=O)OCCOC(=O)C(F)(F)CC(F)(F)OC(=O)C12CC3CC(CC(C3)C1)C2.CCC(C)C(=O)OCCOC(=O)C(F)(F)C(=O)OC12CC3CC(CC(C3)C1)C2.CCC(C)C(=O)OCCOC(=O)C(F)(F)CC(F)(F)OC(=O)C12CC3CC(CC(C3)C1)C2. The molecule has 0 heterocycles. The molecular formula is C65H90F10O18. The first kappa shape index (κ1) is 74.9. The number of esters is 9. The van der Waals surface area contributed by atoms with Crippen LogP contribution in [0.5, 0.6) is 0 Å². The lowest BCUT2D eigenvalue weighted by Crippen LogP contribution is -2.55. The normalized spacial score (nSPS) is 30.2. The number of hydrogen-bond donors (Lipinski definition) is 0. The standard InChI is InChI=1S/C23H32F4O6.C22H30F4O6.C20H28F2O6/c1-4-20(2,3)17(28)31-5-6-32-19(30)22(24,25)13-23(26,27)33-18(29)21-10-14-7-15(11-21)9-16(8-14)12-21;1-3-13(2)17(27)30-4-5-31-19(29)21(23,24)12-22(25,26)32-18(28)20-9-14-6-15(10-20)8-16(7-14)11-20;1-3-12(2)16(23)26-4-5-27-17(24)20(21,22)18(25)28-19-9-13-6-14(10-19)8-15(7-13)11-19/h14-16H,4-13H2,1-3H3;13-16H,3-12H2,1-2H3;12-15H,3-11H2,1-2H3. The molecular weight excluding hydrogens is 1260 g/mol. The van der Waals surface area contributed by atoms with Gasteiger partial charge in [0.1, 0.15) is 58.1 Å². The van der Waals surface area contributed by atoms with Gasteiger partial charge in [-0.15, -0.1) is 0 Å². The molecule has 0 spiro atoms. The summed E-state index contributed by atoms with van der Waals surface area (Å²) in [7, 11) is 0. The molecule has 0 radical (unpaired) electrons. The van der Waals surface area contributed by atoms with E-state index in [2.05, 4.69) is 23.7 Å². The Morgan fingerprint density at radius 2 is 0.656 bits per heavy atom. The Morgan fingerprint density at radius 1 is 0.387 bits per heavy atom. The van der Waals surface area contributed by atoms with Crippen LogP contribution in [0.25, 0.3) is 0 Å². The molecule has 528 valence electrons. The second-order valence-corrected chi connectivity index (χ2v) is 29.0. The number of hydrogen-bond acceptors (Lipinski definition) is 18. The van der Waals surface area contributed by atoms with Crippen molar-refractivity contribution in [2.75, 3.05) is 39.6 Å². The third kappa shape index (κ3) is 19.0. The number of carbonyl (C=O) groups excluding carboxylic acids is 9. The van der Waals surface area contributed by atoms with E-state index in [1.807, 2.05) is 6.92 Å². The molecule has 12 saturated carbocycles. The first-order chi connectivity index (χ1) is 43.2. The third-order valence-corrected chi connectivity index (χ3v) is 20.8. The Balaban J connectivity index is 0.000000198. The molecule has 93 heavy (non-hydrogen) atoms. The fraction of sp³-hybridized carbons (Fsp3) is 0.862. The number of rotatable bonds is 28. The highest BCUT2D eigenvalue weighted by Crippen LogP contribution is 2.63. The molecule has 28 heteroatoms. The van der Waals surface area contributed by atoms with Crippen molar-refractivity contribution in [2.24, 2.45) is 81.3 Å². The van der Waals surface area contributed by atoms with E-state index in [0.717, 1.165) is 57.8 Å². The van der Waals surface area contributed by atoms with Gasteiger partial charge in [0.25, 0.3) is 0 Å². The zero-order valence-corrected chi connectivity index (χ0v) is 54.0. The lowest BCUT2D eigenvalue weighted by molar-refractivity contribution is -0.272. The molecule has 0 aromatic carbocycles. The summed E-state index contributed by atoms with van der Waals surface area (Å²) in [6.07, 6.45) is 1.42. The lowest BCUT2D eigenvalue weighted by atomic mass is 9.49. The predicted molar refractivity (Wildman–Crippen MR) is 303 cm³/mol. The smallest absolute Gasteiger partial charge is 0.437 e. The molecule has 0 aliphatic heterocycles. The van der Waals surface area contributed by atoms with E-state index in [4.69, 9.17) is 18.9 Å². The summed E-state index contributed by atoms with van der Waals surface area (Å²) in [5, 5.41) is 0. The first-order valence-electron chi connectivity index (χ1n) is 32.8. The number of carbonyl (C=O) groups is 9. The molecule has 12 bridgehead atoms. The van der Waals surface area contributed by atoms with Crippen LogP contribution in [-0.4, -0.2) is 129 Å². The minimum atomic E-state index is -4.59. The van der Waals surface area contributed by atoms with Crippen LogP contribution >= 0.6 is 0 Å². The van der Waals surface area contributed by atoms with Crippen molar-refractivity contribution in [1.29, 1.82) is 0 Å². The van der Waals surface area contributed by atoms with Crippen molar-refractivity contribution < 1.29 is 130 Å². The van der Waals surface area contributed by atoms with E-state index >= 15 is 0 Å². The first-order valence-corrected chi connectivity index (χ1v) is 32.8. The van der Waals surface area contributed by atoms with E-state index in [1.54, 1.807) is 41.5 Å². The largest absolute Gasteiger partial charge is 0.462 e. The van der Waals surface area contributed by atoms with Gasteiger partial charge in [0.05, 0.1) is 28.1 Å². The summed E-state index contributed by atoms with van der Waals surface area (Å²) in [6, 6.07) is 0. The summed E-state index contributed by atoms with van der Waals surface area (Å²) in [4.78, 5) is 107. The van der Waals surface area contributed by atoms with Crippen LogP contribution in [0.15, 0.2) is 0 Å². The molecule has 2 unspecified atom stereocenters. The predicted octanol–water partition coefficient (Wildman–Crippen LogP) is 12.6. The average molecular weight is 1350 g/mol. The van der Waals surface area contributed by atoms with Gasteiger partial charge in [0.2, 0.25) is 0 Å². The molecule has 2 atom stereocenters. The second-order valence-electron chi connectivity index (χ2n) is 29.0. The van der Waals surface area contributed by atoms with Gasteiger partial charge in [-0.25, -0.2) is 19.2 Å². The summed E-state index contributed by atoms with van der Waals surface area (Å²) >= 11 is 0. The zero-order chi connectivity index (χ0) is 68.9. The minimum absolute atomic E-state index is 0.283. The molecule has 0 N–H and O–H groups in total. The van der Waals surface area contributed by atoms with Gasteiger partial charge in [-0.3, -0.25) is 24.0 Å². The van der Waals surface area contributed by atoms with E-state index in [-0.39, 0.29) is 48.0 Å². The van der Waals surface area contributed by atoms with Gasteiger partial charge in [0.15, 0.2) is 0 Å². The van der Waals surface area contributed by atoms with E-state index in [9.17, 15) is 87.1 Å². The maximum absolute atomic E-state index is 14.3. The van der Waals surface area contributed by atoms with E-state index in [0.29, 0.717) is 94.8 Å². The molecule has 12 rings (SSSR count). The van der Waals surface area contributed by atoms with Crippen molar-refractivity contribution in [2.45, 2.75) is 232 Å². The maximum atomic E-state index is 14.3. The number of alkyl halides is 10. The van der Waals surface area contributed by atoms with Gasteiger partial charge in [-0.1, -0.05) is 34.6 Å². The lowest BCUT2D eigenvalue weighted by Gasteiger charge is -2.55. The quantitative estimate of drug-likeness (QED) is 0.0233. The molecule has 12 aliphatic rings. The molecule has 0 saturated heterocycles. The fourth-order valence-corrected chi connectivity index (χ4v) is 16.5. The van der Waals surface area contributed by atoms with Crippen LogP contribution in [0.2, 0.25) is 0 Å². The van der Waals surface area contributed by atoms with Crippen molar-refractivity contribution >= 4 is 53.7 Å². The van der Waals surface area contributed by atoms with Gasteiger partial charge in [-0.2, -0.15) is 43.9 Å². The van der Waals surface area contributed by atoms with Gasteiger partial charge >= 0.3 is 83.7 Å². The van der Waals surface area contributed by atoms with Crippen molar-refractivity contribution in [3.63, 3.8) is 0 Å². The van der Waals surface area contributed by atoms with Gasteiger partial charge in [0, 0.05) is 0 Å². The third-order valence-electron chi connectivity index (χ3n) is 20.8. The number of halogens is 10. The number of ether oxygens (including phenoxy) is 9. The minimum Gasteiger partial charge on any atom is -0.462 e. The van der Waals surface area contributed by atoms with Crippen LogP contribution in [0.4, 0.5) is 43.9 Å². The molecule has 12 aliphatic carbocycles.